The number of carbonyl (C=O) groups excluding carboxylic acids is 1. The maximum absolute atomic E-state index is 11.8. The van der Waals surface area contributed by atoms with Crippen LogP contribution >= 0.6 is 0 Å². The summed E-state index contributed by atoms with van der Waals surface area (Å²) >= 11 is 0. The van der Waals surface area contributed by atoms with E-state index in [0.717, 1.165) is 11.1 Å². The molecule has 0 saturated heterocycles. The van der Waals surface area contributed by atoms with Gasteiger partial charge in [0.2, 0.25) is 0 Å². The molecule has 0 fully saturated rings. The number of amides is 1. The summed E-state index contributed by atoms with van der Waals surface area (Å²) in [4.78, 5) is 11.4. The molecule has 0 saturated carbocycles. The van der Waals surface area contributed by atoms with Gasteiger partial charge in [-0.05, 0) is 24.6 Å². The summed E-state index contributed by atoms with van der Waals surface area (Å²) in [7, 11) is -4.07. The van der Waals surface area contributed by atoms with E-state index in [2.05, 4.69) is 4.28 Å². The number of nitrogens with one attached hydrogen (secondary N) is 1. The van der Waals surface area contributed by atoms with Gasteiger partial charge in [-0.25, -0.2) is 4.79 Å². The smallest absolute Gasteiger partial charge is 0.432 e. The van der Waals surface area contributed by atoms with Gasteiger partial charge < -0.3 is 4.74 Å². The second-order valence-corrected chi connectivity index (χ2v) is 6.06. The van der Waals surface area contributed by atoms with Crippen molar-refractivity contribution in [3.05, 3.63) is 65.7 Å². The van der Waals surface area contributed by atoms with E-state index in [9.17, 15) is 13.2 Å². The van der Waals surface area contributed by atoms with Crippen molar-refractivity contribution in [2.24, 2.45) is 0 Å². The quantitative estimate of drug-likeness (QED) is 0.856. The summed E-state index contributed by atoms with van der Waals surface area (Å²) in [5.41, 5.74) is 3.45. The normalized spacial score (nSPS) is 11.0. The topological polar surface area (TPSA) is 81.7 Å². The zero-order chi connectivity index (χ0) is 16.0. The number of benzene rings is 2. The van der Waals surface area contributed by atoms with E-state index in [-0.39, 0.29) is 11.5 Å². The fraction of sp³-hybridized carbons (Fsp3) is 0.133. The molecule has 0 aliphatic rings. The molecule has 7 heteroatoms. The minimum atomic E-state index is -4.07. The van der Waals surface area contributed by atoms with Crippen molar-refractivity contribution >= 4 is 16.2 Å². The molecule has 0 unspecified atom stereocenters. The summed E-state index contributed by atoms with van der Waals surface area (Å²) < 4.78 is 33.0. The van der Waals surface area contributed by atoms with Crippen LogP contribution in [-0.4, -0.2) is 14.5 Å². The molecule has 0 bridgehead atoms. The fourth-order valence-corrected chi connectivity index (χ4v) is 2.34. The van der Waals surface area contributed by atoms with Crippen LogP contribution in [0.25, 0.3) is 0 Å². The van der Waals surface area contributed by atoms with Crippen LogP contribution in [0.5, 0.6) is 0 Å². The Morgan fingerprint density at radius 3 is 2.32 bits per heavy atom. The second kappa shape index (κ2) is 7.06. The molecule has 2 rings (SSSR count). The van der Waals surface area contributed by atoms with Gasteiger partial charge in [0, 0.05) is 0 Å². The highest BCUT2D eigenvalue weighted by molar-refractivity contribution is 7.86. The Bertz CT molecular complexity index is 726. The van der Waals surface area contributed by atoms with Crippen molar-refractivity contribution in [1.29, 1.82) is 0 Å². The van der Waals surface area contributed by atoms with Crippen LogP contribution in [0.4, 0.5) is 4.79 Å². The van der Waals surface area contributed by atoms with Crippen LogP contribution in [0, 0.1) is 6.92 Å². The van der Waals surface area contributed by atoms with Gasteiger partial charge in [0.25, 0.3) is 0 Å². The number of carbonyl (C=O) groups is 1. The largest absolute Gasteiger partial charge is 0.443 e. The highest BCUT2D eigenvalue weighted by Crippen LogP contribution is 2.12. The van der Waals surface area contributed by atoms with Crippen LogP contribution < -0.4 is 5.48 Å². The van der Waals surface area contributed by atoms with Gasteiger partial charge >= 0.3 is 16.2 Å². The van der Waals surface area contributed by atoms with Crippen LogP contribution in [0.1, 0.15) is 11.1 Å². The number of rotatable bonds is 5. The molecule has 22 heavy (non-hydrogen) atoms. The minimum absolute atomic E-state index is 0.0145. The summed E-state index contributed by atoms with van der Waals surface area (Å²) in [6.45, 7) is 1.84. The van der Waals surface area contributed by atoms with Gasteiger partial charge in [0.1, 0.15) is 6.61 Å². The van der Waals surface area contributed by atoms with Crippen molar-refractivity contribution in [1.82, 2.24) is 5.48 Å². The molecule has 0 spiro atoms. The molecular formula is C15H15NO5S. The Kier molecular flexibility index (Phi) is 5.13. The van der Waals surface area contributed by atoms with Gasteiger partial charge in [-0.1, -0.05) is 48.0 Å². The first-order valence-corrected chi connectivity index (χ1v) is 7.85. The van der Waals surface area contributed by atoms with Crippen LogP contribution in [0.15, 0.2) is 59.5 Å². The van der Waals surface area contributed by atoms with Crippen LogP contribution in [-0.2, 0) is 25.7 Å². The van der Waals surface area contributed by atoms with E-state index in [0.29, 0.717) is 0 Å². The van der Waals surface area contributed by atoms with Gasteiger partial charge in [-0.2, -0.15) is 13.9 Å². The Morgan fingerprint density at radius 1 is 1.05 bits per heavy atom. The minimum Gasteiger partial charge on any atom is -0.443 e. The SMILES string of the molecule is Cc1ccc(S(=O)(=O)ONC(=O)OCc2ccccc2)cc1. The number of hydroxylamine groups is 1. The van der Waals surface area contributed by atoms with Gasteiger partial charge in [0.05, 0.1) is 4.90 Å². The van der Waals surface area contributed by atoms with Crippen molar-refractivity contribution in [3.63, 3.8) is 0 Å². The molecule has 0 radical (unpaired) electrons. The number of hydrogen-bond donors (Lipinski definition) is 1. The highest BCUT2D eigenvalue weighted by atomic mass is 32.2. The molecule has 0 aliphatic carbocycles. The van der Waals surface area contributed by atoms with E-state index in [1.54, 1.807) is 41.9 Å². The maximum atomic E-state index is 11.8. The first-order chi connectivity index (χ1) is 10.5. The highest BCUT2D eigenvalue weighted by Gasteiger charge is 2.17. The lowest BCUT2D eigenvalue weighted by molar-refractivity contribution is 0.0971. The summed E-state index contributed by atoms with van der Waals surface area (Å²) in [5, 5.41) is 0. The molecule has 0 heterocycles. The Hall–Kier alpha value is -2.38. The third kappa shape index (κ3) is 4.57. The average Bonchev–Trinajstić information content (AvgIpc) is 2.52. The van der Waals surface area contributed by atoms with Gasteiger partial charge in [-0.15, -0.1) is 4.28 Å². The van der Waals surface area contributed by atoms with E-state index in [1.807, 2.05) is 13.0 Å². The molecule has 0 aromatic heterocycles. The predicted molar refractivity (Wildman–Crippen MR) is 79.2 cm³/mol. The Labute approximate surface area is 128 Å². The van der Waals surface area contributed by atoms with Gasteiger partial charge in [-0.3, -0.25) is 0 Å². The molecule has 1 N–H and O–H groups in total. The zero-order valence-corrected chi connectivity index (χ0v) is 12.7. The average molecular weight is 321 g/mol. The van der Waals surface area contributed by atoms with Crippen LogP contribution in [0.3, 0.4) is 0 Å². The first kappa shape index (κ1) is 16.0. The lowest BCUT2D eigenvalue weighted by Crippen LogP contribution is -2.27. The Balaban J connectivity index is 1.86. The molecule has 2 aromatic rings. The molecule has 6 nitrogen and oxygen atoms in total. The third-order valence-corrected chi connectivity index (χ3v) is 3.91. The number of ether oxygens (including phenoxy) is 1. The van der Waals surface area contributed by atoms with E-state index >= 15 is 0 Å². The van der Waals surface area contributed by atoms with Crippen molar-refractivity contribution in [2.75, 3.05) is 0 Å². The lowest BCUT2D eigenvalue weighted by atomic mass is 10.2. The summed E-state index contributed by atoms with van der Waals surface area (Å²) in [5.74, 6) is 0. The predicted octanol–water partition coefficient (Wildman–Crippen LogP) is 2.54. The van der Waals surface area contributed by atoms with Crippen LogP contribution in [0.2, 0.25) is 0 Å². The molecule has 2 aromatic carbocycles. The third-order valence-electron chi connectivity index (χ3n) is 2.76. The molecule has 116 valence electrons. The molecule has 0 aliphatic heterocycles. The fourth-order valence-electron chi connectivity index (χ4n) is 1.59. The molecule has 0 atom stereocenters. The van der Waals surface area contributed by atoms with Gasteiger partial charge in [0.15, 0.2) is 0 Å². The van der Waals surface area contributed by atoms with Crippen molar-refractivity contribution in [2.45, 2.75) is 18.4 Å². The van der Waals surface area contributed by atoms with E-state index in [4.69, 9.17) is 4.74 Å². The molecule has 1 amide bonds. The maximum Gasteiger partial charge on any atom is 0.432 e. The standard InChI is InChI=1S/C15H15NO5S/c1-12-7-9-14(10-8-12)22(18,19)21-16-15(17)20-11-13-5-3-2-4-6-13/h2-10H,11H2,1H3,(H,16,17). The number of aryl methyl sites for hydroxylation is 1. The Morgan fingerprint density at radius 2 is 1.68 bits per heavy atom. The molecular weight excluding hydrogens is 306 g/mol. The first-order valence-electron chi connectivity index (χ1n) is 6.44. The lowest BCUT2D eigenvalue weighted by Gasteiger charge is -2.07. The van der Waals surface area contributed by atoms with E-state index in [1.165, 1.54) is 12.1 Å². The van der Waals surface area contributed by atoms with Crippen molar-refractivity contribution < 1.29 is 22.2 Å². The van der Waals surface area contributed by atoms with E-state index < -0.39 is 16.2 Å². The number of hydrogen-bond acceptors (Lipinski definition) is 5. The summed E-state index contributed by atoms with van der Waals surface area (Å²) in [6, 6.07) is 15.0. The monoisotopic (exact) mass is 321 g/mol. The second-order valence-electron chi connectivity index (χ2n) is 4.51. The zero-order valence-electron chi connectivity index (χ0n) is 11.9. The summed E-state index contributed by atoms with van der Waals surface area (Å²) in [6.07, 6.45) is -0.987. The van der Waals surface area contributed by atoms with Crippen molar-refractivity contribution in [3.8, 4) is 0 Å².